The van der Waals surface area contributed by atoms with Gasteiger partial charge in [0.25, 0.3) is 0 Å². The summed E-state index contributed by atoms with van der Waals surface area (Å²) in [5, 5.41) is 30.0. The maximum atomic E-state index is 13.1. The molecule has 2 heterocycles. The molecule has 0 aliphatic heterocycles. The van der Waals surface area contributed by atoms with Gasteiger partial charge in [-0.15, -0.1) is 10.2 Å². The zero-order valence-corrected chi connectivity index (χ0v) is 16.7. The third kappa shape index (κ3) is 3.14. The first-order valence-corrected chi connectivity index (χ1v) is 10.1. The molecule has 0 spiro atoms. The van der Waals surface area contributed by atoms with Gasteiger partial charge >= 0.3 is 6.18 Å². The molecule has 5 rings (SSSR count). The van der Waals surface area contributed by atoms with Gasteiger partial charge in [0.2, 0.25) is 0 Å². The van der Waals surface area contributed by atoms with Crippen molar-refractivity contribution in [3.8, 4) is 17.0 Å². The van der Waals surface area contributed by atoms with E-state index in [9.17, 15) is 23.4 Å². The highest BCUT2D eigenvalue weighted by Crippen LogP contribution is 2.48. The largest absolute Gasteiger partial charge is 0.507 e. The van der Waals surface area contributed by atoms with E-state index in [1.54, 1.807) is 0 Å². The van der Waals surface area contributed by atoms with E-state index in [-0.39, 0.29) is 11.6 Å². The van der Waals surface area contributed by atoms with Crippen LogP contribution in [0.5, 0.6) is 5.75 Å². The Morgan fingerprint density at radius 1 is 1.13 bits per heavy atom. The predicted octanol–water partition coefficient (Wildman–Crippen LogP) is 5.09. The summed E-state index contributed by atoms with van der Waals surface area (Å²) in [4.78, 5) is 0. The number of alkyl halides is 3. The minimum atomic E-state index is -4.53. The predicted molar refractivity (Wildman–Crippen MR) is 105 cm³/mol. The van der Waals surface area contributed by atoms with Crippen LogP contribution < -0.4 is 0 Å². The molecular weight excluding hydrogens is 395 g/mol. The van der Waals surface area contributed by atoms with Gasteiger partial charge in [0, 0.05) is 23.2 Å². The minimum absolute atomic E-state index is 0.149. The molecule has 0 amide bonds. The highest BCUT2D eigenvalue weighted by Gasteiger charge is 2.41. The summed E-state index contributed by atoms with van der Waals surface area (Å²) < 4.78 is 41.2. The van der Waals surface area contributed by atoms with Crippen LogP contribution in [0.15, 0.2) is 24.4 Å². The summed E-state index contributed by atoms with van der Waals surface area (Å²) in [6.07, 6.45) is 1.01. The van der Waals surface area contributed by atoms with E-state index in [0.29, 0.717) is 35.7 Å². The fraction of sp³-hybridized carbons (Fsp3) is 0.455. The molecule has 5 nitrogen and oxygen atoms in total. The van der Waals surface area contributed by atoms with Crippen molar-refractivity contribution in [2.75, 3.05) is 0 Å². The van der Waals surface area contributed by atoms with Gasteiger partial charge in [-0.1, -0.05) is 0 Å². The summed E-state index contributed by atoms with van der Waals surface area (Å²) in [6.45, 7) is 3.34. The maximum Gasteiger partial charge on any atom is 0.416 e. The number of hydrogen-bond donors (Lipinski definition) is 2. The van der Waals surface area contributed by atoms with Gasteiger partial charge in [-0.2, -0.15) is 13.2 Å². The van der Waals surface area contributed by atoms with Crippen LogP contribution in [-0.4, -0.2) is 30.6 Å². The van der Waals surface area contributed by atoms with Crippen LogP contribution in [0.2, 0.25) is 0 Å². The van der Waals surface area contributed by atoms with Crippen molar-refractivity contribution in [3.05, 3.63) is 41.1 Å². The molecule has 2 N–H and O–H groups in total. The Hall–Kier alpha value is -2.61. The lowest BCUT2D eigenvalue weighted by atomic mass is 9.77. The van der Waals surface area contributed by atoms with Crippen molar-refractivity contribution in [3.63, 3.8) is 0 Å². The lowest BCUT2D eigenvalue weighted by molar-refractivity contribution is -0.137. The van der Waals surface area contributed by atoms with E-state index < -0.39 is 23.1 Å². The average molecular weight is 417 g/mol. The Morgan fingerprint density at radius 2 is 1.83 bits per heavy atom. The van der Waals surface area contributed by atoms with E-state index in [2.05, 4.69) is 21.0 Å². The number of halogens is 3. The topological polar surface area (TPSA) is 71.2 Å². The SMILES string of the molecule is Cc1cc(C(F)(F)F)cc(O)c1-c1cc2c(C3CC3)cn(C3CC(C)(O)C3)c2nn1. The van der Waals surface area contributed by atoms with E-state index >= 15 is 0 Å². The number of hydrogen-bond acceptors (Lipinski definition) is 4. The van der Waals surface area contributed by atoms with Crippen LogP contribution in [0.1, 0.15) is 61.3 Å². The van der Waals surface area contributed by atoms with Crippen LogP contribution in [-0.2, 0) is 6.18 Å². The maximum absolute atomic E-state index is 13.1. The molecule has 2 aliphatic carbocycles. The second kappa shape index (κ2) is 6.20. The standard InChI is InChI=1S/C22H22F3N3O2/c1-11-5-13(22(23,24)25)6-18(29)19(11)17-7-15-16(12-3-4-12)10-28(20(15)27-26-17)14-8-21(2,30)9-14/h5-7,10,12,14,29-30H,3-4,8-9H2,1-2H3. The minimum Gasteiger partial charge on any atom is -0.507 e. The normalized spacial score (nSPS) is 24.3. The summed E-state index contributed by atoms with van der Waals surface area (Å²) in [6, 6.07) is 3.72. The summed E-state index contributed by atoms with van der Waals surface area (Å²) in [5.41, 5.74) is 1.21. The summed E-state index contributed by atoms with van der Waals surface area (Å²) in [5.74, 6) is -0.0212. The molecule has 0 unspecified atom stereocenters. The molecule has 2 aromatic heterocycles. The number of aromatic hydroxyl groups is 1. The fourth-order valence-electron chi connectivity index (χ4n) is 4.61. The lowest BCUT2D eigenvalue weighted by Crippen LogP contribution is -2.41. The van der Waals surface area contributed by atoms with Gasteiger partial charge in [0.05, 0.1) is 16.9 Å². The molecule has 30 heavy (non-hydrogen) atoms. The number of aryl methyl sites for hydroxylation is 1. The fourth-order valence-corrected chi connectivity index (χ4v) is 4.61. The molecular formula is C22H22F3N3O2. The Kier molecular flexibility index (Phi) is 4.00. The van der Waals surface area contributed by atoms with Crippen LogP contribution in [0.25, 0.3) is 22.3 Å². The molecule has 0 saturated heterocycles. The highest BCUT2D eigenvalue weighted by atomic mass is 19.4. The van der Waals surface area contributed by atoms with E-state index in [1.165, 1.54) is 6.92 Å². The quantitative estimate of drug-likeness (QED) is 0.622. The van der Waals surface area contributed by atoms with Crippen LogP contribution in [0, 0.1) is 6.92 Å². The van der Waals surface area contributed by atoms with Crippen molar-refractivity contribution in [2.45, 2.75) is 63.3 Å². The number of phenolic OH excluding ortho intramolecular Hbond substituents is 1. The van der Waals surface area contributed by atoms with Crippen LogP contribution in [0.3, 0.4) is 0 Å². The van der Waals surface area contributed by atoms with E-state index in [0.717, 1.165) is 35.9 Å². The van der Waals surface area contributed by atoms with Gasteiger partial charge in [0.15, 0.2) is 5.65 Å². The monoisotopic (exact) mass is 417 g/mol. The number of rotatable bonds is 3. The number of aliphatic hydroxyl groups is 1. The third-order valence-electron chi connectivity index (χ3n) is 6.27. The molecule has 2 fully saturated rings. The highest BCUT2D eigenvalue weighted by molar-refractivity contribution is 5.86. The third-order valence-corrected chi connectivity index (χ3v) is 6.27. The van der Waals surface area contributed by atoms with Crippen molar-refractivity contribution in [1.82, 2.24) is 14.8 Å². The van der Waals surface area contributed by atoms with E-state index in [1.807, 2.05) is 13.0 Å². The van der Waals surface area contributed by atoms with Gasteiger partial charge in [-0.25, -0.2) is 0 Å². The molecule has 2 aliphatic rings. The first kappa shape index (κ1) is 19.4. The lowest BCUT2D eigenvalue weighted by Gasteiger charge is -2.41. The molecule has 2 saturated carbocycles. The number of fused-ring (bicyclic) bond motifs is 1. The average Bonchev–Trinajstić information content (AvgIpc) is 3.39. The smallest absolute Gasteiger partial charge is 0.416 e. The molecule has 0 bridgehead atoms. The van der Waals surface area contributed by atoms with Crippen molar-refractivity contribution < 1.29 is 23.4 Å². The number of phenols is 1. The zero-order chi connectivity index (χ0) is 21.4. The second-order valence-corrected chi connectivity index (χ2v) is 8.98. The van der Waals surface area contributed by atoms with E-state index in [4.69, 9.17) is 0 Å². The number of nitrogens with zero attached hydrogens (tertiary/aromatic N) is 3. The van der Waals surface area contributed by atoms with Gasteiger partial charge in [0.1, 0.15) is 5.75 Å². The van der Waals surface area contributed by atoms with Gasteiger partial charge < -0.3 is 14.8 Å². The summed E-state index contributed by atoms with van der Waals surface area (Å²) >= 11 is 0. The van der Waals surface area contributed by atoms with Crippen LogP contribution in [0.4, 0.5) is 13.2 Å². The van der Waals surface area contributed by atoms with Crippen LogP contribution >= 0.6 is 0 Å². The van der Waals surface area contributed by atoms with Gasteiger partial charge in [-0.05, 0) is 74.8 Å². The molecule has 1 aromatic carbocycles. The Balaban J connectivity index is 1.62. The second-order valence-electron chi connectivity index (χ2n) is 8.98. The number of benzene rings is 1. The summed E-state index contributed by atoms with van der Waals surface area (Å²) in [7, 11) is 0. The Bertz CT molecular complexity index is 1130. The van der Waals surface area contributed by atoms with Crippen molar-refractivity contribution >= 4 is 11.0 Å². The number of aromatic nitrogens is 3. The van der Waals surface area contributed by atoms with Gasteiger partial charge in [-0.3, -0.25) is 0 Å². The molecule has 3 aromatic rings. The molecule has 8 heteroatoms. The van der Waals surface area contributed by atoms with Crippen molar-refractivity contribution in [2.24, 2.45) is 0 Å². The molecule has 158 valence electrons. The first-order valence-electron chi connectivity index (χ1n) is 10.1. The molecule has 0 radical (unpaired) electrons. The van der Waals surface area contributed by atoms with Crippen molar-refractivity contribution in [1.29, 1.82) is 0 Å². The Morgan fingerprint density at radius 3 is 2.40 bits per heavy atom. The zero-order valence-electron chi connectivity index (χ0n) is 16.7. The Labute approximate surface area is 171 Å². The molecule has 0 atom stereocenters. The first-order chi connectivity index (χ1) is 14.0.